The van der Waals surface area contributed by atoms with Crippen molar-refractivity contribution in [2.75, 3.05) is 0 Å². The molecule has 0 aliphatic heterocycles. The number of carboxylic acid groups (broad SMARTS) is 1. The van der Waals surface area contributed by atoms with Gasteiger partial charge in [-0.25, -0.2) is 9.18 Å². The molecule has 1 aromatic rings. The van der Waals surface area contributed by atoms with Crippen LogP contribution in [0.5, 0.6) is 5.75 Å². The normalized spacial score (nSPS) is 10.7. The minimum Gasteiger partial charge on any atom is -0.508 e. The number of phenolic OH excluding ortho intramolecular Hbond substituents is 1. The Morgan fingerprint density at radius 3 is 2.71 bits per heavy atom. The lowest BCUT2D eigenvalue weighted by Crippen LogP contribution is -1.88. The number of carbonyl (C=O) groups is 1. The largest absolute Gasteiger partial charge is 0.508 e. The molecule has 0 aliphatic rings. The lowest BCUT2D eigenvalue weighted by Gasteiger charge is -2.00. The van der Waals surface area contributed by atoms with Crippen molar-refractivity contribution in [1.82, 2.24) is 0 Å². The molecule has 14 heavy (non-hydrogen) atoms. The molecule has 0 heterocycles. The van der Waals surface area contributed by atoms with E-state index >= 15 is 0 Å². The van der Waals surface area contributed by atoms with Gasteiger partial charge in [-0.1, -0.05) is 0 Å². The number of phenols is 1. The van der Waals surface area contributed by atoms with Gasteiger partial charge in [-0.05, 0) is 34.1 Å². The third-order valence-electron chi connectivity index (χ3n) is 1.45. The number of halogens is 2. The van der Waals surface area contributed by atoms with Crippen LogP contribution in [0, 0.1) is 5.82 Å². The monoisotopic (exact) mass is 260 g/mol. The van der Waals surface area contributed by atoms with Crippen molar-refractivity contribution in [2.24, 2.45) is 0 Å². The SMILES string of the molecule is O=C(O)/C=C/c1cc(O)cc(Br)c1F. The van der Waals surface area contributed by atoms with Crippen LogP contribution in [-0.4, -0.2) is 16.2 Å². The zero-order valence-electron chi connectivity index (χ0n) is 6.87. The fourth-order valence-corrected chi connectivity index (χ4v) is 1.34. The summed E-state index contributed by atoms with van der Waals surface area (Å²) in [6, 6.07) is 2.33. The van der Waals surface area contributed by atoms with Gasteiger partial charge in [-0.2, -0.15) is 0 Å². The zero-order chi connectivity index (χ0) is 10.7. The lowest BCUT2D eigenvalue weighted by atomic mass is 10.2. The maximum Gasteiger partial charge on any atom is 0.328 e. The van der Waals surface area contributed by atoms with E-state index in [4.69, 9.17) is 10.2 Å². The summed E-state index contributed by atoms with van der Waals surface area (Å²) in [4.78, 5) is 10.2. The molecule has 0 atom stereocenters. The van der Waals surface area contributed by atoms with E-state index in [9.17, 15) is 9.18 Å². The number of aromatic hydroxyl groups is 1. The van der Waals surface area contributed by atoms with E-state index in [2.05, 4.69) is 15.9 Å². The third-order valence-corrected chi connectivity index (χ3v) is 2.02. The highest BCUT2D eigenvalue weighted by Crippen LogP contribution is 2.25. The molecule has 0 amide bonds. The summed E-state index contributed by atoms with van der Waals surface area (Å²) in [7, 11) is 0. The molecule has 0 bridgehead atoms. The summed E-state index contributed by atoms with van der Waals surface area (Å²) >= 11 is 2.89. The van der Waals surface area contributed by atoms with E-state index in [-0.39, 0.29) is 15.8 Å². The molecule has 0 fully saturated rings. The number of benzene rings is 1. The number of rotatable bonds is 2. The molecule has 5 heteroatoms. The van der Waals surface area contributed by atoms with Gasteiger partial charge in [-0.3, -0.25) is 0 Å². The predicted octanol–water partition coefficient (Wildman–Crippen LogP) is 2.39. The average Bonchev–Trinajstić information content (AvgIpc) is 2.08. The molecule has 1 rings (SSSR count). The molecule has 1 aromatic carbocycles. The van der Waals surface area contributed by atoms with Gasteiger partial charge in [0.05, 0.1) is 4.47 Å². The summed E-state index contributed by atoms with van der Waals surface area (Å²) < 4.78 is 13.3. The topological polar surface area (TPSA) is 57.5 Å². The van der Waals surface area contributed by atoms with E-state index in [1.807, 2.05) is 0 Å². The van der Waals surface area contributed by atoms with Crippen LogP contribution in [0.3, 0.4) is 0 Å². The van der Waals surface area contributed by atoms with Crippen molar-refractivity contribution in [3.8, 4) is 5.75 Å². The van der Waals surface area contributed by atoms with Crippen LogP contribution in [0.15, 0.2) is 22.7 Å². The molecule has 0 spiro atoms. The summed E-state index contributed by atoms with van der Waals surface area (Å²) in [6.07, 6.45) is 1.87. The van der Waals surface area contributed by atoms with Crippen LogP contribution in [0.25, 0.3) is 6.08 Å². The van der Waals surface area contributed by atoms with E-state index in [0.29, 0.717) is 0 Å². The Kier molecular flexibility index (Phi) is 3.24. The Hall–Kier alpha value is -1.36. The van der Waals surface area contributed by atoms with E-state index < -0.39 is 11.8 Å². The number of hydrogen-bond acceptors (Lipinski definition) is 2. The van der Waals surface area contributed by atoms with Crippen molar-refractivity contribution < 1.29 is 19.4 Å². The molecular formula is C9H6BrFO3. The minimum absolute atomic E-state index is 0.0132. The molecular weight excluding hydrogens is 255 g/mol. The first-order valence-electron chi connectivity index (χ1n) is 3.59. The van der Waals surface area contributed by atoms with Crippen molar-refractivity contribution in [1.29, 1.82) is 0 Å². The molecule has 0 aliphatic carbocycles. The minimum atomic E-state index is -1.18. The molecule has 3 nitrogen and oxygen atoms in total. The van der Waals surface area contributed by atoms with E-state index in [0.717, 1.165) is 18.2 Å². The molecule has 0 radical (unpaired) electrons. The van der Waals surface area contributed by atoms with Crippen LogP contribution < -0.4 is 0 Å². The van der Waals surface area contributed by atoms with Gasteiger partial charge < -0.3 is 10.2 Å². The number of hydrogen-bond donors (Lipinski definition) is 2. The van der Waals surface area contributed by atoms with Gasteiger partial charge in [0.1, 0.15) is 11.6 Å². The predicted molar refractivity (Wildman–Crippen MR) is 52.4 cm³/mol. The van der Waals surface area contributed by atoms with Crippen molar-refractivity contribution >= 4 is 28.0 Å². The Morgan fingerprint density at radius 2 is 2.14 bits per heavy atom. The quantitative estimate of drug-likeness (QED) is 0.803. The van der Waals surface area contributed by atoms with E-state index in [1.165, 1.54) is 6.07 Å². The second-order valence-corrected chi connectivity index (χ2v) is 3.36. The van der Waals surface area contributed by atoms with Crippen LogP contribution in [0.2, 0.25) is 0 Å². The van der Waals surface area contributed by atoms with Gasteiger partial charge in [-0.15, -0.1) is 0 Å². The Bertz CT molecular complexity index is 401. The van der Waals surface area contributed by atoms with Gasteiger partial charge in [0, 0.05) is 11.6 Å². The third kappa shape index (κ3) is 2.56. The first-order valence-corrected chi connectivity index (χ1v) is 4.39. The van der Waals surface area contributed by atoms with Crippen molar-refractivity contribution in [3.05, 3.63) is 34.1 Å². The van der Waals surface area contributed by atoms with Crippen LogP contribution in [0.4, 0.5) is 4.39 Å². The Morgan fingerprint density at radius 1 is 1.50 bits per heavy atom. The van der Waals surface area contributed by atoms with E-state index in [1.54, 1.807) is 0 Å². The smallest absolute Gasteiger partial charge is 0.328 e. The van der Waals surface area contributed by atoms with Crippen molar-refractivity contribution in [2.45, 2.75) is 0 Å². The standard InChI is InChI=1S/C9H6BrFO3/c10-7-4-6(12)3-5(9(7)11)1-2-8(13)14/h1-4,12H,(H,13,14)/b2-1+. The van der Waals surface area contributed by atoms with Crippen LogP contribution in [0.1, 0.15) is 5.56 Å². The van der Waals surface area contributed by atoms with Gasteiger partial charge in [0.2, 0.25) is 0 Å². The lowest BCUT2D eigenvalue weighted by molar-refractivity contribution is -0.131. The first kappa shape index (κ1) is 10.7. The zero-order valence-corrected chi connectivity index (χ0v) is 8.45. The van der Waals surface area contributed by atoms with Gasteiger partial charge in [0.15, 0.2) is 0 Å². The molecule has 2 N–H and O–H groups in total. The Labute approximate surface area is 87.6 Å². The number of carboxylic acids is 1. The summed E-state index contributed by atoms with van der Waals surface area (Å²) in [5, 5.41) is 17.4. The molecule has 0 saturated heterocycles. The fourth-order valence-electron chi connectivity index (χ4n) is 0.878. The highest BCUT2D eigenvalue weighted by Gasteiger charge is 2.06. The molecule has 74 valence electrons. The fraction of sp³-hybridized carbons (Fsp3) is 0. The summed E-state index contributed by atoms with van der Waals surface area (Å²) in [5.74, 6) is -1.92. The number of aliphatic carboxylic acids is 1. The second-order valence-electron chi connectivity index (χ2n) is 2.50. The highest BCUT2D eigenvalue weighted by molar-refractivity contribution is 9.10. The Balaban J connectivity index is 3.14. The van der Waals surface area contributed by atoms with Crippen molar-refractivity contribution in [3.63, 3.8) is 0 Å². The van der Waals surface area contributed by atoms with Crippen LogP contribution in [-0.2, 0) is 4.79 Å². The van der Waals surface area contributed by atoms with Crippen LogP contribution >= 0.6 is 15.9 Å². The maximum absolute atomic E-state index is 13.2. The first-order chi connectivity index (χ1) is 6.50. The van der Waals surface area contributed by atoms with Gasteiger partial charge >= 0.3 is 5.97 Å². The molecule has 0 unspecified atom stereocenters. The second kappa shape index (κ2) is 4.23. The van der Waals surface area contributed by atoms with Gasteiger partial charge in [0.25, 0.3) is 0 Å². The summed E-state index contributed by atoms with van der Waals surface area (Å²) in [5.41, 5.74) is 0.0132. The molecule has 0 aromatic heterocycles. The maximum atomic E-state index is 13.2. The molecule has 0 saturated carbocycles. The average molecular weight is 261 g/mol. The summed E-state index contributed by atoms with van der Waals surface area (Å²) in [6.45, 7) is 0. The highest BCUT2D eigenvalue weighted by atomic mass is 79.9.